The first-order valence-corrected chi connectivity index (χ1v) is 4.01. The molecule has 1 aromatic rings. The molecule has 0 amide bonds. The minimum atomic E-state index is 0.0795. The van der Waals surface area contributed by atoms with Crippen LogP contribution in [0.15, 0.2) is 18.3 Å². The lowest BCUT2D eigenvalue weighted by atomic mass is 10.2. The van der Waals surface area contributed by atoms with E-state index in [9.17, 15) is 4.79 Å². The molecular formula is C9H13NO2. The van der Waals surface area contributed by atoms with Gasteiger partial charge in [-0.25, -0.2) is 0 Å². The summed E-state index contributed by atoms with van der Waals surface area (Å²) in [4.78, 5) is 11.4. The van der Waals surface area contributed by atoms with Crippen molar-refractivity contribution in [2.45, 2.75) is 12.8 Å². The number of aryl methyl sites for hydroxylation is 1. The fourth-order valence-electron chi connectivity index (χ4n) is 1.12. The van der Waals surface area contributed by atoms with Crippen LogP contribution in [0.5, 0.6) is 0 Å². The highest BCUT2D eigenvalue weighted by Gasteiger charge is 2.07. The van der Waals surface area contributed by atoms with Crippen LogP contribution >= 0.6 is 0 Å². The maximum Gasteiger partial charge on any atom is 0.179 e. The van der Waals surface area contributed by atoms with Crippen LogP contribution in [0.2, 0.25) is 0 Å². The molecule has 0 unspecified atom stereocenters. The van der Waals surface area contributed by atoms with Crippen LogP contribution in [0.1, 0.15) is 23.3 Å². The molecule has 1 heterocycles. The molecule has 0 saturated carbocycles. The van der Waals surface area contributed by atoms with Crippen molar-refractivity contribution in [3.63, 3.8) is 0 Å². The molecule has 3 nitrogen and oxygen atoms in total. The van der Waals surface area contributed by atoms with Gasteiger partial charge in [0, 0.05) is 26.3 Å². The second-order valence-corrected chi connectivity index (χ2v) is 2.75. The zero-order valence-corrected chi connectivity index (χ0v) is 7.16. The lowest BCUT2D eigenvalue weighted by Crippen LogP contribution is -2.05. The Labute approximate surface area is 71.6 Å². The molecule has 0 aliphatic heterocycles. The van der Waals surface area contributed by atoms with Gasteiger partial charge in [-0.1, -0.05) is 0 Å². The summed E-state index contributed by atoms with van der Waals surface area (Å²) in [6, 6.07) is 3.63. The lowest BCUT2D eigenvalue weighted by molar-refractivity contribution is 0.0963. The number of aliphatic hydroxyl groups excluding tert-OH is 1. The zero-order valence-electron chi connectivity index (χ0n) is 7.16. The van der Waals surface area contributed by atoms with E-state index in [0.29, 0.717) is 18.5 Å². The normalized spacial score (nSPS) is 10.2. The number of hydrogen-bond acceptors (Lipinski definition) is 2. The van der Waals surface area contributed by atoms with E-state index in [-0.39, 0.29) is 12.4 Å². The SMILES string of the molecule is Cn1cccc1C(=O)CCCO. The Bertz CT molecular complexity index is 265. The number of aromatic nitrogens is 1. The van der Waals surface area contributed by atoms with Gasteiger partial charge in [-0.05, 0) is 18.6 Å². The van der Waals surface area contributed by atoms with Crippen molar-refractivity contribution in [2.24, 2.45) is 7.05 Å². The Morgan fingerprint density at radius 1 is 1.67 bits per heavy atom. The highest BCUT2D eigenvalue weighted by Crippen LogP contribution is 2.04. The molecule has 0 aliphatic rings. The molecule has 1 N–H and O–H groups in total. The Kier molecular flexibility index (Phi) is 3.05. The van der Waals surface area contributed by atoms with Gasteiger partial charge in [0.25, 0.3) is 0 Å². The first-order chi connectivity index (χ1) is 5.75. The molecule has 3 heteroatoms. The van der Waals surface area contributed by atoms with Crippen LogP contribution in [-0.2, 0) is 7.05 Å². The van der Waals surface area contributed by atoms with Gasteiger partial charge in [-0.2, -0.15) is 0 Å². The Morgan fingerprint density at radius 2 is 2.42 bits per heavy atom. The van der Waals surface area contributed by atoms with Gasteiger partial charge < -0.3 is 9.67 Å². The van der Waals surface area contributed by atoms with Crippen LogP contribution in [-0.4, -0.2) is 22.1 Å². The van der Waals surface area contributed by atoms with Crippen molar-refractivity contribution in [2.75, 3.05) is 6.61 Å². The van der Waals surface area contributed by atoms with Gasteiger partial charge in [0.15, 0.2) is 5.78 Å². The second-order valence-electron chi connectivity index (χ2n) is 2.75. The Hall–Kier alpha value is -1.09. The number of ketones is 1. The summed E-state index contributed by atoms with van der Waals surface area (Å²) < 4.78 is 1.79. The molecule has 0 radical (unpaired) electrons. The zero-order chi connectivity index (χ0) is 8.97. The fraction of sp³-hybridized carbons (Fsp3) is 0.444. The van der Waals surface area contributed by atoms with Crippen LogP contribution in [0.25, 0.3) is 0 Å². The van der Waals surface area contributed by atoms with Gasteiger partial charge in [0.2, 0.25) is 0 Å². The van der Waals surface area contributed by atoms with E-state index in [1.807, 2.05) is 19.3 Å². The van der Waals surface area contributed by atoms with Crippen molar-refractivity contribution in [1.29, 1.82) is 0 Å². The highest BCUT2D eigenvalue weighted by molar-refractivity contribution is 5.94. The summed E-state index contributed by atoms with van der Waals surface area (Å²) in [5, 5.41) is 8.52. The van der Waals surface area contributed by atoms with Crippen molar-refractivity contribution in [3.05, 3.63) is 24.0 Å². The fourth-order valence-corrected chi connectivity index (χ4v) is 1.12. The van der Waals surface area contributed by atoms with Gasteiger partial charge in [-0.15, -0.1) is 0 Å². The molecule has 1 rings (SSSR count). The summed E-state index contributed by atoms with van der Waals surface area (Å²) in [7, 11) is 1.84. The van der Waals surface area contributed by atoms with Crippen molar-refractivity contribution < 1.29 is 9.90 Å². The quantitative estimate of drug-likeness (QED) is 0.679. The molecule has 0 atom stereocenters. The second kappa shape index (κ2) is 4.07. The maximum absolute atomic E-state index is 11.4. The lowest BCUT2D eigenvalue weighted by Gasteiger charge is -2.00. The third kappa shape index (κ3) is 1.95. The number of carbonyl (C=O) groups excluding carboxylic acids is 1. The number of Topliss-reactive ketones (excluding diaryl/α,β-unsaturated/α-hetero) is 1. The first-order valence-electron chi connectivity index (χ1n) is 4.01. The number of carbonyl (C=O) groups is 1. The summed E-state index contributed by atoms with van der Waals surface area (Å²) in [6.45, 7) is 0.0795. The van der Waals surface area contributed by atoms with Gasteiger partial charge >= 0.3 is 0 Å². The van der Waals surface area contributed by atoms with Gasteiger partial charge in [0.05, 0.1) is 5.69 Å². The summed E-state index contributed by atoms with van der Waals surface area (Å²) in [5.41, 5.74) is 0.712. The summed E-state index contributed by atoms with van der Waals surface area (Å²) in [6.07, 6.45) is 2.81. The molecule has 12 heavy (non-hydrogen) atoms. The minimum absolute atomic E-state index is 0.0795. The summed E-state index contributed by atoms with van der Waals surface area (Å²) >= 11 is 0. The standard InChI is InChI=1S/C9H13NO2/c1-10-6-2-4-8(10)9(12)5-3-7-11/h2,4,6,11H,3,5,7H2,1H3. The molecule has 0 aromatic carbocycles. The molecular weight excluding hydrogens is 154 g/mol. The van der Waals surface area contributed by atoms with Crippen LogP contribution < -0.4 is 0 Å². The third-order valence-electron chi connectivity index (χ3n) is 1.79. The molecule has 0 fully saturated rings. The smallest absolute Gasteiger partial charge is 0.179 e. The van der Waals surface area contributed by atoms with Crippen molar-refractivity contribution in [3.8, 4) is 0 Å². The van der Waals surface area contributed by atoms with E-state index in [4.69, 9.17) is 5.11 Å². The van der Waals surface area contributed by atoms with E-state index >= 15 is 0 Å². The minimum Gasteiger partial charge on any atom is -0.396 e. The van der Waals surface area contributed by atoms with Crippen LogP contribution in [0.3, 0.4) is 0 Å². The van der Waals surface area contributed by atoms with Crippen LogP contribution in [0.4, 0.5) is 0 Å². The van der Waals surface area contributed by atoms with E-state index in [1.165, 1.54) is 0 Å². The molecule has 66 valence electrons. The van der Waals surface area contributed by atoms with Crippen molar-refractivity contribution >= 4 is 5.78 Å². The molecule has 1 aromatic heterocycles. The topological polar surface area (TPSA) is 42.2 Å². The van der Waals surface area contributed by atoms with Gasteiger partial charge in [0.1, 0.15) is 0 Å². The average Bonchev–Trinajstić information content (AvgIpc) is 2.47. The largest absolute Gasteiger partial charge is 0.396 e. The number of hydrogen-bond donors (Lipinski definition) is 1. The Balaban J connectivity index is 2.59. The predicted octanol–water partition coefficient (Wildman–Crippen LogP) is 0.980. The average molecular weight is 167 g/mol. The molecule has 0 spiro atoms. The number of rotatable bonds is 4. The summed E-state index contributed by atoms with van der Waals surface area (Å²) in [5.74, 6) is 0.0940. The van der Waals surface area contributed by atoms with Crippen molar-refractivity contribution in [1.82, 2.24) is 4.57 Å². The third-order valence-corrected chi connectivity index (χ3v) is 1.79. The van der Waals surface area contributed by atoms with E-state index in [2.05, 4.69) is 0 Å². The molecule has 0 bridgehead atoms. The van der Waals surface area contributed by atoms with Gasteiger partial charge in [-0.3, -0.25) is 4.79 Å². The number of aliphatic hydroxyl groups is 1. The predicted molar refractivity (Wildman–Crippen MR) is 46.1 cm³/mol. The number of nitrogens with zero attached hydrogens (tertiary/aromatic N) is 1. The molecule has 0 aliphatic carbocycles. The van der Waals surface area contributed by atoms with E-state index in [0.717, 1.165) is 0 Å². The maximum atomic E-state index is 11.4. The van der Waals surface area contributed by atoms with Crippen LogP contribution in [0, 0.1) is 0 Å². The molecule has 0 saturated heterocycles. The Morgan fingerprint density at radius 3 is 2.92 bits per heavy atom. The van der Waals surface area contributed by atoms with E-state index < -0.39 is 0 Å². The highest BCUT2D eigenvalue weighted by atomic mass is 16.3. The monoisotopic (exact) mass is 167 g/mol. The van der Waals surface area contributed by atoms with E-state index in [1.54, 1.807) is 10.6 Å². The first kappa shape index (κ1) is 9.00.